The second-order valence-electron chi connectivity index (χ2n) is 12.5. The van der Waals surface area contributed by atoms with Gasteiger partial charge in [-0.3, -0.25) is 0 Å². The van der Waals surface area contributed by atoms with Crippen LogP contribution >= 0.6 is 11.3 Å². The molecule has 0 radical (unpaired) electrons. The van der Waals surface area contributed by atoms with Gasteiger partial charge in [0.1, 0.15) is 0 Å². The van der Waals surface area contributed by atoms with Crippen LogP contribution in [0.25, 0.3) is 69.6 Å². The zero-order valence-corrected chi connectivity index (χ0v) is 27.4. The molecule has 0 unspecified atom stereocenters. The van der Waals surface area contributed by atoms with E-state index in [2.05, 4.69) is 191 Å². The number of hydrogen-bond acceptors (Lipinski definition) is 2. The predicted octanol–water partition coefficient (Wildman–Crippen LogP) is 13.4. The fourth-order valence-corrected chi connectivity index (χ4v) is 8.99. The minimum atomic E-state index is 1.15. The molecule has 49 heavy (non-hydrogen) atoms. The fraction of sp³-hybridized carbons (Fsp3) is 0. The van der Waals surface area contributed by atoms with Crippen molar-refractivity contribution in [1.82, 2.24) is 4.57 Å². The summed E-state index contributed by atoms with van der Waals surface area (Å²) in [4.78, 5) is 2.48. The van der Waals surface area contributed by atoms with Crippen LogP contribution < -0.4 is 4.90 Å². The van der Waals surface area contributed by atoms with Gasteiger partial charge in [0, 0.05) is 43.1 Å². The van der Waals surface area contributed by atoms with Crippen molar-refractivity contribution in [3.63, 3.8) is 0 Å². The van der Waals surface area contributed by atoms with Gasteiger partial charge in [0.25, 0.3) is 0 Å². The number of hydrogen-bond donors (Lipinski definition) is 0. The molecule has 0 saturated carbocycles. The molecule has 0 aliphatic carbocycles. The van der Waals surface area contributed by atoms with Gasteiger partial charge in [-0.15, -0.1) is 11.3 Å². The molecule has 2 heterocycles. The lowest BCUT2D eigenvalue weighted by atomic mass is 9.98. The summed E-state index contributed by atoms with van der Waals surface area (Å²) >= 11 is 1.91. The number of anilines is 3. The van der Waals surface area contributed by atoms with Crippen LogP contribution in [0.5, 0.6) is 0 Å². The SMILES string of the molecule is c1ccc(-n2c3ccccc3c3sc4c(-c5ccccc5N(c5cccc6ccccc56)c5cccc6ccccc56)cccc4c32)cc1. The lowest BCUT2D eigenvalue weighted by Gasteiger charge is -2.30. The molecule has 0 fully saturated rings. The van der Waals surface area contributed by atoms with Crippen LogP contribution in [-0.4, -0.2) is 4.57 Å². The van der Waals surface area contributed by atoms with Crippen LogP contribution in [0.15, 0.2) is 182 Å². The van der Waals surface area contributed by atoms with Crippen molar-refractivity contribution in [2.45, 2.75) is 0 Å². The number of benzene rings is 8. The van der Waals surface area contributed by atoms with Crippen molar-refractivity contribution in [1.29, 1.82) is 0 Å². The molecule has 0 amide bonds. The Morgan fingerprint density at radius 3 is 1.61 bits per heavy atom. The van der Waals surface area contributed by atoms with Crippen molar-refractivity contribution < 1.29 is 0 Å². The summed E-state index contributed by atoms with van der Waals surface area (Å²) in [7, 11) is 0. The van der Waals surface area contributed by atoms with Gasteiger partial charge < -0.3 is 9.47 Å². The first kappa shape index (κ1) is 27.9. The van der Waals surface area contributed by atoms with Crippen molar-refractivity contribution in [3.8, 4) is 16.8 Å². The van der Waals surface area contributed by atoms with E-state index >= 15 is 0 Å². The molecule has 2 nitrogen and oxygen atoms in total. The van der Waals surface area contributed by atoms with Crippen LogP contribution in [0.2, 0.25) is 0 Å². The van der Waals surface area contributed by atoms with Crippen LogP contribution in [-0.2, 0) is 0 Å². The molecule has 0 bridgehead atoms. The van der Waals surface area contributed by atoms with E-state index in [1.165, 1.54) is 69.6 Å². The van der Waals surface area contributed by atoms with E-state index in [0.29, 0.717) is 0 Å². The lowest BCUT2D eigenvalue weighted by Crippen LogP contribution is -2.12. The Hall–Kier alpha value is -6.16. The number of thiophene rings is 1. The monoisotopic (exact) mass is 642 g/mol. The van der Waals surface area contributed by atoms with Crippen molar-refractivity contribution >= 4 is 81.1 Å². The van der Waals surface area contributed by atoms with Gasteiger partial charge in [0.05, 0.1) is 32.8 Å². The second-order valence-corrected chi connectivity index (χ2v) is 13.5. The van der Waals surface area contributed by atoms with E-state index in [1.807, 2.05) is 11.3 Å². The topological polar surface area (TPSA) is 8.17 Å². The van der Waals surface area contributed by atoms with E-state index in [9.17, 15) is 0 Å². The zero-order valence-electron chi connectivity index (χ0n) is 26.6. The molecule has 0 atom stereocenters. The number of aromatic nitrogens is 1. The maximum atomic E-state index is 2.48. The first-order valence-electron chi connectivity index (χ1n) is 16.7. The smallest absolute Gasteiger partial charge is 0.0727 e. The molecular formula is C46H30N2S. The first-order chi connectivity index (χ1) is 24.3. The molecule has 230 valence electrons. The van der Waals surface area contributed by atoms with E-state index in [0.717, 1.165) is 17.1 Å². The molecule has 8 aromatic carbocycles. The Bertz CT molecular complexity index is 2750. The predicted molar refractivity (Wildman–Crippen MR) is 211 cm³/mol. The molecule has 0 aliphatic rings. The highest BCUT2D eigenvalue weighted by Gasteiger charge is 2.24. The van der Waals surface area contributed by atoms with Gasteiger partial charge in [0.2, 0.25) is 0 Å². The Labute approximate surface area is 288 Å². The van der Waals surface area contributed by atoms with Crippen molar-refractivity contribution in [2.75, 3.05) is 4.90 Å². The summed E-state index contributed by atoms with van der Waals surface area (Å²) < 4.78 is 5.06. The summed E-state index contributed by atoms with van der Waals surface area (Å²) in [6, 6.07) is 66.0. The third kappa shape index (κ3) is 4.33. The average Bonchev–Trinajstić information content (AvgIpc) is 3.71. The minimum Gasteiger partial charge on any atom is -0.309 e. The molecule has 3 heteroatoms. The van der Waals surface area contributed by atoms with Crippen LogP contribution in [0.3, 0.4) is 0 Å². The summed E-state index contributed by atoms with van der Waals surface area (Å²) in [5.74, 6) is 0. The molecule has 10 rings (SSSR count). The van der Waals surface area contributed by atoms with E-state index in [-0.39, 0.29) is 0 Å². The average molecular weight is 643 g/mol. The quantitative estimate of drug-likeness (QED) is 0.181. The molecule has 0 spiro atoms. The Kier molecular flexibility index (Phi) is 6.39. The van der Waals surface area contributed by atoms with Crippen molar-refractivity contribution in [3.05, 3.63) is 182 Å². The second kappa shape index (κ2) is 11.2. The fourth-order valence-electron chi connectivity index (χ4n) is 7.64. The highest BCUT2D eigenvalue weighted by Crippen LogP contribution is 2.50. The van der Waals surface area contributed by atoms with Gasteiger partial charge in [-0.25, -0.2) is 0 Å². The highest BCUT2D eigenvalue weighted by molar-refractivity contribution is 7.27. The minimum absolute atomic E-state index is 1.15. The van der Waals surface area contributed by atoms with Gasteiger partial charge in [-0.05, 0) is 47.2 Å². The van der Waals surface area contributed by atoms with Gasteiger partial charge in [-0.2, -0.15) is 0 Å². The van der Waals surface area contributed by atoms with Crippen LogP contribution in [0, 0.1) is 0 Å². The van der Waals surface area contributed by atoms with Crippen LogP contribution in [0.4, 0.5) is 17.1 Å². The molecule has 2 aromatic heterocycles. The molecule has 0 saturated heterocycles. The lowest BCUT2D eigenvalue weighted by molar-refractivity contribution is 1.19. The van der Waals surface area contributed by atoms with Crippen molar-refractivity contribution in [2.24, 2.45) is 0 Å². The van der Waals surface area contributed by atoms with E-state index in [4.69, 9.17) is 0 Å². The third-order valence-corrected chi connectivity index (χ3v) is 11.0. The summed E-state index contributed by atoms with van der Waals surface area (Å²) in [6.45, 7) is 0. The number of rotatable bonds is 5. The Balaban J connectivity index is 1.28. The molecule has 0 N–H and O–H groups in total. The zero-order chi connectivity index (χ0) is 32.3. The molecule has 10 aromatic rings. The summed E-state index contributed by atoms with van der Waals surface area (Å²) in [5, 5.41) is 7.44. The van der Waals surface area contributed by atoms with Crippen LogP contribution in [0.1, 0.15) is 0 Å². The largest absolute Gasteiger partial charge is 0.309 e. The van der Waals surface area contributed by atoms with E-state index < -0.39 is 0 Å². The standard InChI is InChI=1S/C46H30N2S/c1-2-19-33(20-3-1)47-43-28-11-9-24-38(43)46-44(47)39-26-14-25-37(45(39)49-46)36-23-8-10-27-42(36)48(40-29-12-17-31-15-4-6-21-34(31)40)41-30-13-18-32-16-5-7-22-35(32)41/h1-30H. The highest BCUT2D eigenvalue weighted by atomic mass is 32.1. The summed E-state index contributed by atoms with van der Waals surface area (Å²) in [6.07, 6.45) is 0. The normalized spacial score (nSPS) is 11.7. The number of nitrogens with zero attached hydrogens (tertiary/aromatic N) is 2. The number of para-hydroxylation sites is 3. The third-order valence-electron chi connectivity index (χ3n) is 9.77. The maximum absolute atomic E-state index is 2.48. The summed E-state index contributed by atoms with van der Waals surface area (Å²) in [5.41, 5.74) is 9.59. The Morgan fingerprint density at radius 2 is 0.878 bits per heavy atom. The first-order valence-corrected chi connectivity index (χ1v) is 17.5. The molecular weight excluding hydrogens is 613 g/mol. The van der Waals surface area contributed by atoms with Gasteiger partial charge >= 0.3 is 0 Å². The maximum Gasteiger partial charge on any atom is 0.0727 e. The molecule has 0 aliphatic heterocycles. The van der Waals surface area contributed by atoms with E-state index in [1.54, 1.807) is 0 Å². The number of fused-ring (bicyclic) bond motifs is 7. The van der Waals surface area contributed by atoms with Gasteiger partial charge in [0.15, 0.2) is 0 Å². The van der Waals surface area contributed by atoms with Gasteiger partial charge in [-0.1, -0.05) is 146 Å². The Morgan fingerprint density at radius 1 is 0.367 bits per heavy atom.